The summed E-state index contributed by atoms with van der Waals surface area (Å²) in [6, 6.07) is 27.1. The van der Waals surface area contributed by atoms with E-state index in [-0.39, 0.29) is 11.9 Å². The lowest BCUT2D eigenvalue weighted by molar-refractivity contribution is -0.668. The molecule has 1 aliphatic heterocycles. The third-order valence-corrected chi connectivity index (χ3v) is 6.45. The highest BCUT2D eigenvalue weighted by Crippen LogP contribution is 2.46. The Morgan fingerprint density at radius 3 is 2.00 bits per heavy atom. The Morgan fingerprint density at radius 2 is 1.38 bits per heavy atom. The van der Waals surface area contributed by atoms with Crippen LogP contribution in [-0.4, -0.2) is 19.1 Å². The molecule has 3 nitrogen and oxygen atoms in total. The molecule has 3 aromatic rings. The predicted molar refractivity (Wildman–Crippen MR) is 113 cm³/mol. The topological polar surface area (TPSA) is 42.9 Å². The lowest BCUT2D eigenvalue weighted by Gasteiger charge is -2.36. The van der Waals surface area contributed by atoms with E-state index in [0.717, 1.165) is 31.5 Å². The van der Waals surface area contributed by atoms with E-state index in [1.54, 1.807) is 0 Å². The van der Waals surface area contributed by atoms with Gasteiger partial charge in [0.2, 0.25) is 0 Å². The predicted octanol–water partition coefficient (Wildman–Crippen LogP) is 3.98. The summed E-state index contributed by atoms with van der Waals surface area (Å²) in [5, 5.41) is 2.30. The largest absolute Gasteiger partial charge is 0.454 e. The molecule has 0 unspecified atom stereocenters. The molecule has 0 spiro atoms. The fraction of sp³-hybridized carbons (Fsp3) is 0.269. The molecule has 2 aliphatic rings. The van der Waals surface area contributed by atoms with Crippen LogP contribution < -0.4 is 5.32 Å². The highest BCUT2D eigenvalue weighted by atomic mass is 16.6. The van der Waals surface area contributed by atoms with E-state index in [4.69, 9.17) is 4.74 Å². The lowest BCUT2D eigenvalue weighted by atomic mass is 9.84. The molecule has 0 amide bonds. The molecule has 0 saturated carbocycles. The SMILES string of the molecule is O=C(CC1c2ccccc2-c2ccccc21)OC1(c2ccccc2)CC[NH2+]CC1. The van der Waals surface area contributed by atoms with Gasteiger partial charge in [0.15, 0.2) is 0 Å². The Morgan fingerprint density at radius 1 is 0.828 bits per heavy atom. The van der Waals surface area contributed by atoms with E-state index in [9.17, 15) is 4.79 Å². The van der Waals surface area contributed by atoms with Crippen molar-refractivity contribution in [3.8, 4) is 11.1 Å². The standard InChI is InChI=1S/C26H25NO2/c28-25(29-26(14-16-27-17-15-26)19-8-2-1-3-9-19)18-24-22-12-6-4-10-20(22)21-11-5-7-13-23(21)24/h1-13,24,27H,14-18H2/p+1. The summed E-state index contributed by atoms with van der Waals surface area (Å²) in [6.45, 7) is 1.97. The average molecular weight is 384 g/mol. The summed E-state index contributed by atoms with van der Waals surface area (Å²) in [4.78, 5) is 13.2. The third-order valence-electron chi connectivity index (χ3n) is 6.45. The highest BCUT2D eigenvalue weighted by molar-refractivity contribution is 5.82. The van der Waals surface area contributed by atoms with Gasteiger partial charge in [0.1, 0.15) is 5.60 Å². The van der Waals surface area contributed by atoms with E-state index >= 15 is 0 Å². The van der Waals surface area contributed by atoms with Gasteiger partial charge >= 0.3 is 5.97 Å². The van der Waals surface area contributed by atoms with Crippen LogP contribution in [0.5, 0.6) is 0 Å². The average Bonchev–Trinajstić information content (AvgIpc) is 3.09. The number of benzene rings is 3. The molecule has 1 heterocycles. The van der Waals surface area contributed by atoms with Crippen LogP contribution in [0.1, 0.15) is 41.9 Å². The number of carbonyl (C=O) groups is 1. The van der Waals surface area contributed by atoms with Crippen molar-refractivity contribution in [2.45, 2.75) is 30.8 Å². The maximum atomic E-state index is 13.2. The summed E-state index contributed by atoms with van der Waals surface area (Å²) in [5.41, 5.74) is 5.57. The monoisotopic (exact) mass is 384 g/mol. The van der Waals surface area contributed by atoms with Crippen molar-refractivity contribution < 1.29 is 14.8 Å². The quantitative estimate of drug-likeness (QED) is 0.692. The molecule has 0 atom stereocenters. The molecular weight excluding hydrogens is 358 g/mol. The minimum absolute atomic E-state index is 0.0675. The Labute approximate surface area is 171 Å². The Bertz CT molecular complexity index is 976. The van der Waals surface area contributed by atoms with Gasteiger partial charge in [-0.15, -0.1) is 0 Å². The van der Waals surface area contributed by atoms with Crippen molar-refractivity contribution >= 4 is 5.97 Å². The van der Waals surface area contributed by atoms with Crippen molar-refractivity contribution in [2.24, 2.45) is 0 Å². The number of fused-ring (bicyclic) bond motifs is 3. The molecule has 1 aliphatic carbocycles. The number of ether oxygens (including phenoxy) is 1. The van der Waals surface area contributed by atoms with Crippen LogP contribution in [0.4, 0.5) is 0 Å². The molecule has 0 aromatic heterocycles. The number of esters is 1. The van der Waals surface area contributed by atoms with Gasteiger partial charge in [-0.25, -0.2) is 0 Å². The number of nitrogens with two attached hydrogens (primary N) is 1. The lowest BCUT2D eigenvalue weighted by Crippen LogP contribution is -2.87. The normalized spacial score (nSPS) is 17.4. The zero-order chi connectivity index (χ0) is 19.7. The van der Waals surface area contributed by atoms with Crippen molar-refractivity contribution in [2.75, 3.05) is 13.1 Å². The van der Waals surface area contributed by atoms with Crippen LogP contribution >= 0.6 is 0 Å². The Kier molecular flexibility index (Phi) is 4.69. The molecule has 0 bridgehead atoms. The molecule has 146 valence electrons. The van der Waals surface area contributed by atoms with Gasteiger partial charge in [0.05, 0.1) is 19.5 Å². The summed E-state index contributed by atoms with van der Waals surface area (Å²) >= 11 is 0. The van der Waals surface area contributed by atoms with E-state index in [1.807, 2.05) is 18.2 Å². The van der Waals surface area contributed by atoms with E-state index in [1.165, 1.54) is 22.3 Å². The molecule has 1 saturated heterocycles. The molecule has 0 radical (unpaired) electrons. The molecular formula is C26H26NO2+. The highest BCUT2D eigenvalue weighted by Gasteiger charge is 2.40. The summed E-state index contributed by atoms with van der Waals surface area (Å²) in [7, 11) is 0. The van der Waals surface area contributed by atoms with Crippen LogP contribution in [0.25, 0.3) is 11.1 Å². The second kappa shape index (κ2) is 7.49. The van der Waals surface area contributed by atoms with Gasteiger partial charge in [0, 0.05) is 18.8 Å². The van der Waals surface area contributed by atoms with Gasteiger partial charge < -0.3 is 10.1 Å². The first-order chi connectivity index (χ1) is 14.3. The first-order valence-corrected chi connectivity index (χ1v) is 10.5. The number of carbonyl (C=O) groups excluding carboxylic acids is 1. The number of piperidine rings is 1. The van der Waals surface area contributed by atoms with E-state index in [0.29, 0.717) is 6.42 Å². The van der Waals surface area contributed by atoms with Crippen LogP contribution in [0, 0.1) is 0 Å². The Hall–Kier alpha value is -2.91. The second-order valence-electron chi connectivity index (χ2n) is 8.13. The molecule has 3 heteroatoms. The van der Waals surface area contributed by atoms with E-state index < -0.39 is 5.60 Å². The number of rotatable bonds is 4. The maximum Gasteiger partial charge on any atom is 0.307 e. The minimum atomic E-state index is -0.495. The molecule has 2 N–H and O–H groups in total. The smallest absolute Gasteiger partial charge is 0.307 e. The van der Waals surface area contributed by atoms with Crippen LogP contribution in [0.15, 0.2) is 78.9 Å². The fourth-order valence-corrected chi connectivity index (χ4v) is 5.04. The first kappa shape index (κ1) is 18.1. The fourth-order valence-electron chi connectivity index (χ4n) is 5.04. The van der Waals surface area contributed by atoms with Gasteiger partial charge in [-0.2, -0.15) is 0 Å². The third kappa shape index (κ3) is 3.26. The Balaban J connectivity index is 1.43. The van der Waals surface area contributed by atoms with Crippen LogP contribution in [-0.2, 0) is 15.1 Å². The van der Waals surface area contributed by atoms with Crippen molar-refractivity contribution in [3.05, 3.63) is 95.6 Å². The molecule has 3 aromatic carbocycles. The van der Waals surface area contributed by atoms with Gasteiger partial charge in [0.25, 0.3) is 0 Å². The summed E-state index contributed by atoms with van der Waals surface area (Å²) < 4.78 is 6.30. The number of quaternary nitrogens is 1. The van der Waals surface area contributed by atoms with E-state index in [2.05, 4.69) is 66.0 Å². The summed E-state index contributed by atoms with van der Waals surface area (Å²) in [6.07, 6.45) is 2.10. The first-order valence-electron chi connectivity index (χ1n) is 10.5. The number of hydrogen-bond donors (Lipinski definition) is 1. The van der Waals surface area contributed by atoms with Gasteiger partial charge in [-0.3, -0.25) is 4.79 Å². The van der Waals surface area contributed by atoms with Crippen molar-refractivity contribution in [3.63, 3.8) is 0 Å². The molecule has 5 rings (SSSR count). The molecule has 29 heavy (non-hydrogen) atoms. The van der Waals surface area contributed by atoms with Crippen LogP contribution in [0.3, 0.4) is 0 Å². The maximum absolute atomic E-state index is 13.2. The zero-order valence-electron chi connectivity index (χ0n) is 16.5. The van der Waals surface area contributed by atoms with Gasteiger partial charge in [-0.05, 0) is 27.8 Å². The van der Waals surface area contributed by atoms with Crippen molar-refractivity contribution in [1.82, 2.24) is 0 Å². The van der Waals surface area contributed by atoms with Crippen molar-refractivity contribution in [1.29, 1.82) is 0 Å². The van der Waals surface area contributed by atoms with Crippen LogP contribution in [0.2, 0.25) is 0 Å². The molecule has 1 fully saturated rings. The number of hydrogen-bond acceptors (Lipinski definition) is 2. The minimum Gasteiger partial charge on any atom is -0.454 e. The summed E-state index contributed by atoms with van der Waals surface area (Å²) in [5.74, 6) is -0.0369. The van der Waals surface area contributed by atoms with Gasteiger partial charge in [-0.1, -0.05) is 78.9 Å². The zero-order valence-corrected chi connectivity index (χ0v) is 16.5. The second-order valence-corrected chi connectivity index (χ2v) is 8.13.